The van der Waals surface area contributed by atoms with Gasteiger partial charge < -0.3 is 5.32 Å². The van der Waals surface area contributed by atoms with Crippen molar-refractivity contribution in [2.45, 2.75) is 51.0 Å². The minimum absolute atomic E-state index is 0.0372. The smallest absolute Gasteiger partial charge is 0.164 e. The van der Waals surface area contributed by atoms with Gasteiger partial charge in [0.15, 0.2) is 5.78 Å². The van der Waals surface area contributed by atoms with E-state index in [0.29, 0.717) is 17.5 Å². The number of aryl methyl sites for hydroxylation is 1. The number of carbonyl (C=O) groups excluding carboxylic acids is 1. The van der Waals surface area contributed by atoms with Crippen LogP contribution in [0.5, 0.6) is 0 Å². The Balaban J connectivity index is 2.12. The molecule has 1 aromatic carbocycles. The molecule has 0 atom stereocenters. The highest BCUT2D eigenvalue weighted by Gasteiger charge is 2.32. The molecule has 1 saturated carbocycles. The van der Waals surface area contributed by atoms with Gasteiger partial charge >= 0.3 is 0 Å². The first kappa shape index (κ1) is 14.2. The molecule has 0 saturated heterocycles. The third-order valence-electron chi connectivity index (χ3n) is 4.33. The number of ketones is 1. The van der Waals surface area contributed by atoms with Crippen molar-refractivity contribution < 1.29 is 9.18 Å². The first-order chi connectivity index (χ1) is 9.06. The lowest BCUT2D eigenvalue weighted by Crippen LogP contribution is -2.46. The van der Waals surface area contributed by atoms with Gasteiger partial charge in [0.05, 0.1) is 0 Å². The first-order valence-electron chi connectivity index (χ1n) is 7.05. The molecular formula is C16H22FNO. The summed E-state index contributed by atoms with van der Waals surface area (Å²) in [4.78, 5) is 12.3. The van der Waals surface area contributed by atoms with E-state index in [2.05, 4.69) is 5.32 Å². The molecule has 3 heteroatoms. The molecule has 0 unspecified atom stereocenters. The maximum absolute atomic E-state index is 13.5. The number of Topliss-reactive ketones (excluding diaryl/α,β-unsaturated/α-hetero) is 1. The van der Waals surface area contributed by atoms with Crippen molar-refractivity contribution in [3.8, 4) is 0 Å². The molecule has 0 radical (unpaired) electrons. The predicted octanol–water partition coefficient (Wildman–Crippen LogP) is 3.63. The Morgan fingerprint density at radius 3 is 2.58 bits per heavy atom. The lowest BCUT2D eigenvalue weighted by molar-refractivity contribution is 0.0914. The lowest BCUT2D eigenvalue weighted by Gasteiger charge is -2.36. The van der Waals surface area contributed by atoms with E-state index in [0.717, 1.165) is 25.7 Å². The highest BCUT2D eigenvalue weighted by Crippen LogP contribution is 2.31. The van der Waals surface area contributed by atoms with Crippen molar-refractivity contribution in [2.75, 3.05) is 7.05 Å². The van der Waals surface area contributed by atoms with Crippen LogP contribution in [-0.2, 0) is 0 Å². The second-order valence-corrected chi connectivity index (χ2v) is 5.65. The van der Waals surface area contributed by atoms with Crippen LogP contribution in [0.2, 0.25) is 0 Å². The van der Waals surface area contributed by atoms with Crippen molar-refractivity contribution in [1.82, 2.24) is 5.32 Å². The van der Waals surface area contributed by atoms with Crippen LogP contribution in [0.3, 0.4) is 0 Å². The molecule has 2 nitrogen and oxygen atoms in total. The Hall–Kier alpha value is -1.22. The standard InChI is InChI=1S/C16H22FNO/c1-12-6-7-13(10-14(12)17)15(19)11-16(18-2)8-4-3-5-9-16/h6-7,10,18H,3-5,8-9,11H2,1-2H3. The van der Waals surface area contributed by atoms with Crippen LogP contribution in [-0.4, -0.2) is 18.4 Å². The summed E-state index contributed by atoms with van der Waals surface area (Å²) in [6, 6.07) is 4.77. The normalized spacial score (nSPS) is 18.3. The zero-order chi connectivity index (χ0) is 13.9. The third kappa shape index (κ3) is 3.21. The zero-order valence-corrected chi connectivity index (χ0v) is 11.8. The summed E-state index contributed by atoms with van der Waals surface area (Å²) in [6.07, 6.45) is 6.10. The molecule has 2 rings (SSSR count). The predicted molar refractivity (Wildman–Crippen MR) is 75.0 cm³/mol. The summed E-state index contributed by atoms with van der Waals surface area (Å²) in [5, 5.41) is 3.33. The third-order valence-corrected chi connectivity index (χ3v) is 4.33. The van der Waals surface area contributed by atoms with Crippen LogP contribution >= 0.6 is 0 Å². The topological polar surface area (TPSA) is 29.1 Å². The highest BCUT2D eigenvalue weighted by molar-refractivity contribution is 5.96. The van der Waals surface area contributed by atoms with Crippen LogP contribution in [0, 0.1) is 12.7 Å². The Morgan fingerprint density at radius 2 is 2.00 bits per heavy atom. The van der Waals surface area contributed by atoms with E-state index < -0.39 is 0 Å². The molecule has 1 aliphatic carbocycles. The van der Waals surface area contributed by atoms with Crippen LogP contribution in [0.25, 0.3) is 0 Å². The van der Waals surface area contributed by atoms with Gasteiger partial charge in [0.25, 0.3) is 0 Å². The van der Waals surface area contributed by atoms with Gasteiger partial charge in [-0.3, -0.25) is 4.79 Å². The van der Waals surface area contributed by atoms with E-state index in [4.69, 9.17) is 0 Å². The molecule has 0 amide bonds. The molecule has 0 bridgehead atoms. The molecule has 1 aliphatic rings. The fourth-order valence-electron chi connectivity index (χ4n) is 2.92. The Bertz CT molecular complexity index is 464. The van der Waals surface area contributed by atoms with Crippen LogP contribution in [0.1, 0.15) is 54.4 Å². The van der Waals surface area contributed by atoms with Crippen LogP contribution < -0.4 is 5.32 Å². The molecule has 0 spiro atoms. The summed E-state index contributed by atoms with van der Waals surface area (Å²) < 4.78 is 13.5. The average Bonchev–Trinajstić information content (AvgIpc) is 2.43. The number of hydrogen-bond donors (Lipinski definition) is 1. The van der Waals surface area contributed by atoms with Crippen LogP contribution in [0.15, 0.2) is 18.2 Å². The lowest BCUT2D eigenvalue weighted by atomic mass is 9.77. The maximum Gasteiger partial charge on any atom is 0.164 e. The van der Waals surface area contributed by atoms with Crippen molar-refractivity contribution in [3.05, 3.63) is 35.1 Å². The molecule has 0 aromatic heterocycles. The number of nitrogens with one attached hydrogen (secondary N) is 1. The fraction of sp³-hybridized carbons (Fsp3) is 0.562. The first-order valence-corrected chi connectivity index (χ1v) is 7.05. The molecule has 1 fully saturated rings. The minimum atomic E-state index is -0.298. The minimum Gasteiger partial charge on any atom is -0.314 e. The van der Waals surface area contributed by atoms with Gasteiger partial charge in [0.2, 0.25) is 0 Å². The second kappa shape index (κ2) is 5.83. The van der Waals surface area contributed by atoms with Gasteiger partial charge in [-0.1, -0.05) is 31.4 Å². The molecule has 1 aromatic rings. The number of halogens is 1. The van der Waals surface area contributed by atoms with E-state index in [-0.39, 0.29) is 17.1 Å². The van der Waals surface area contributed by atoms with Crippen molar-refractivity contribution in [1.29, 1.82) is 0 Å². The van der Waals surface area contributed by atoms with Crippen molar-refractivity contribution >= 4 is 5.78 Å². The summed E-state index contributed by atoms with van der Waals surface area (Å²) in [5.41, 5.74) is 0.984. The number of hydrogen-bond acceptors (Lipinski definition) is 2. The molecular weight excluding hydrogens is 241 g/mol. The van der Waals surface area contributed by atoms with E-state index in [9.17, 15) is 9.18 Å². The van der Waals surface area contributed by atoms with Crippen LogP contribution in [0.4, 0.5) is 4.39 Å². The quantitative estimate of drug-likeness (QED) is 0.840. The van der Waals surface area contributed by atoms with E-state index >= 15 is 0 Å². The SMILES string of the molecule is CNC1(CC(=O)c2ccc(C)c(F)c2)CCCCC1. The molecule has 104 valence electrons. The van der Waals surface area contributed by atoms with E-state index in [1.807, 2.05) is 7.05 Å². The number of rotatable bonds is 4. The Labute approximate surface area is 114 Å². The van der Waals surface area contributed by atoms with Gasteiger partial charge in [-0.2, -0.15) is 0 Å². The summed E-state index contributed by atoms with van der Waals surface area (Å²) in [6.45, 7) is 1.71. The number of benzene rings is 1. The monoisotopic (exact) mass is 263 g/mol. The van der Waals surface area contributed by atoms with Gasteiger partial charge in [-0.25, -0.2) is 4.39 Å². The Morgan fingerprint density at radius 1 is 1.32 bits per heavy atom. The largest absolute Gasteiger partial charge is 0.314 e. The van der Waals surface area contributed by atoms with Gasteiger partial charge in [0, 0.05) is 17.5 Å². The maximum atomic E-state index is 13.5. The highest BCUT2D eigenvalue weighted by atomic mass is 19.1. The zero-order valence-electron chi connectivity index (χ0n) is 11.8. The summed E-state index contributed by atoms with van der Waals surface area (Å²) in [5.74, 6) is -0.261. The molecule has 0 aliphatic heterocycles. The second-order valence-electron chi connectivity index (χ2n) is 5.65. The molecule has 19 heavy (non-hydrogen) atoms. The fourth-order valence-corrected chi connectivity index (χ4v) is 2.92. The van der Waals surface area contributed by atoms with Crippen molar-refractivity contribution in [3.63, 3.8) is 0 Å². The number of carbonyl (C=O) groups is 1. The molecule has 1 N–H and O–H groups in total. The van der Waals surface area contributed by atoms with Gasteiger partial charge in [-0.15, -0.1) is 0 Å². The van der Waals surface area contributed by atoms with E-state index in [1.165, 1.54) is 12.5 Å². The summed E-state index contributed by atoms with van der Waals surface area (Å²) in [7, 11) is 1.92. The van der Waals surface area contributed by atoms with E-state index in [1.54, 1.807) is 19.1 Å². The van der Waals surface area contributed by atoms with Gasteiger partial charge in [-0.05, 0) is 38.4 Å². The Kier molecular flexibility index (Phi) is 4.35. The van der Waals surface area contributed by atoms with Crippen molar-refractivity contribution in [2.24, 2.45) is 0 Å². The van der Waals surface area contributed by atoms with Gasteiger partial charge in [0.1, 0.15) is 5.82 Å². The molecule has 0 heterocycles. The average molecular weight is 263 g/mol. The summed E-state index contributed by atoms with van der Waals surface area (Å²) >= 11 is 0.